The summed E-state index contributed by atoms with van der Waals surface area (Å²) in [4.78, 5) is 11.1. The average Bonchev–Trinajstić information content (AvgIpc) is 2.19. The molecule has 2 fully saturated rings. The van der Waals surface area contributed by atoms with Crippen LogP contribution in [0.2, 0.25) is 0 Å². The summed E-state index contributed by atoms with van der Waals surface area (Å²) < 4.78 is 0. The maximum Gasteiger partial charge on any atom is 0.132 e. The average molecular weight is 196 g/mol. The van der Waals surface area contributed by atoms with Crippen LogP contribution in [0.25, 0.3) is 0 Å². The molecule has 0 bridgehead atoms. The van der Waals surface area contributed by atoms with E-state index in [0.29, 0.717) is 24.5 Å². The lowest BCUT2D eigenvalue weighted by Gasteiger charge is -2.40. The molecule has 0 radical (unpaired) electrons. The number of Topliss-reactive ketones (excluding diaryl/α,β-unsaturated/α-hetero) is 1. The molecule has 14 heavy (non-hydrogen) atoms. The van der Waals surface area contributed by atoms with Crippen molar-refractivity contribution < 1.29 is 9.90 Å². The predicted octanol–water partition coefficient (Wildman–Crippen LogP) is 2.44. The molecule has 80 valence electrons. The number of carbonyl (C=O) groups excluding carboxylic acids is 1. The number of rotatable bonds is 1. The van der Waals surface area contributed by atoms with Crippen molar-refractivity contribution in [2.45, 2.75) is 63.4 Å². The Labute approximate surface area is 85.7 Å². The fourth-order valence-corrected chi connectivity index (χ4v) is 3.05. The Kier molecular flexibility index (Phi) is 2.91. The first-order valence-electron chi connectivity index (χ1n) is 5.95. The van der Waals surface area contributed by atoms with Crippen molar-refractivity contribution in [2.75, 3.05) is 0 Å². The van der Waals surface area contributed by atoms with Crippen LogP contribution < -0.4 is 0 Å². The van der Waals surface area contributed by atoms with Crippen LogP contribution in [0, 0.1) is 5.92 Å². The van der Waals surface area contributed by atoms with E-state index in [2.05, 4.69) is 0 Å². The Morgan fingerprint density at radius 3 is 2.21 bits per heavy atom. The maximum atomic E-state index is 11.1. The van der Waals surface area contributed by atoms with Crippen molar-refractivity contribution in [2.24, 2.45) is 5.92 Å². The fourth-order valence-electron chi connectivity index (χ4n) is 3.05. The Morgan fingerprint density at radius 1 is 1.07 bits per heavy atom. The zero-order valence-electron chi connectivity index (χ0n) is 8.80. The number of hydrogen-bond donors (Lipinski definition) is 1. The van der Waals surface area contributed by atoms with Crippen molar-refractivity contribution in [3.8, 4) is 0 Å². The van der Waals surface area contributed by atoms with Crippen LogP contribution in [0.5, 0.6) is 0 Å². The van der Waals surface area contributed by atoms with E-state index in [0.717, 1.165) is 25.7 Å². The molecule has 2 aliphatic carbocycles. The van der Waals surface area contributed by atoms with E-state index < -0.39 is 5.60 Å². The second-order valence-electron chi connectivity index (χ2n) is 4.98. The van der Waals surface area contributed by atoms with Crippen LogP contribution in [0.1, 0.15) is 57.8 Å². The van der Waals surface area contributed by atoms with E-state index in [1.165, 1.54) is 19.3 Å². The van der Waals surface area contributed by atoms with Crippen molar-refractivity contribution >= 4 is 5.78 Å². The second kappa shape index (κ2) is 4.01. The number of carbonyl (C=O) groups is 1. The van der Waals surface area contributed by atoms with Gasteiger partial charge < -0.3 is 5.11 Å². The number of ketones is 1. The highest BCUT2D eigenvalue weighted by Crippen LogP contribution is 2.40. The quantitative estimate of drug-likeness (QED) is 0.699. The summed E-state index contributed by atoms with van der Waals surface area (Å²) in [5.74, 6) is 0.793. The monoisotopic (exact) mass is 196 g/mol. The smallest absolute Gasteiger partial charge is 0.132 e. The van der Waals surface area contributed by atoms with Gasteiger partial charge in [-0.15, -0.1) is 0 Å². The SMILES string of the molecule is O=C1CCC(C2(O)CCCCC2)CC1. The number of hydrogen-bond acceptors (Lipinski definition) is 2. The standard InChI is InChI=1S/C12H20O2/c13-11-6-4-10(5-7-11)12(14)8-2-1-3-9-12/h10,14H,1-9H2. The van der Waals surface area contributed by atoms with Crippen LogP contribution in [-0.2, 0) is 4.79 Å². The summed E-state index contributed by atoms with van der Waals surface area (Å²) in [6.07, 6.45) is 8.79. The van der Waals surface area contributed by atoms with Crippen molar-refractivity contribution in [3.63, 3.8) is 0 Å². The summed E-state index contributed by atoms with van der Waals surface area (Å²) in [6.45, 7) is 0. The minimum atomic E-state index is -0.418. The van der Waals surface area contributed by atoms with E-state index in [4.69, 9.17) is 0 Å². The zero-order valence-corrected chi connectivity index (χ0v) is 8.80. The molecule has 0 atom stereocenters. The van der Waals surface area contributed by atoms with E-state index in [1.807, 2.05) is 0 Å². The minimum absolute atomic E-state index is 0.389. The Bertz CT molecular complexity index is 206. The van der Waals surface area contributed by atoms with E-state index in [1.54, 1.807) is 0 Å². The topological polar surface area (TPSA) is 37.3 Å². The normalized spacial score (nSPS) is 29.1. The molecule has 0 aromatic heterocycles. The summed E-state index contributed by atoms with van der Waals surface area (Å²) in [5.41, 5.74) is -0.418. The minimum Gasteiger partial charge on any atom is -0.390 e. The van der Waals surface area contributed by atoms with Gasteiger partial charge in [-0.25, -0.2) is 0 Å². The second-order valence-corrected chi connectivity index (χ2v) is 4.98. The highest BCUT2D eigenvalue weighted by molar-refractivity contribution is 5.79. The predicted molar refractivity (Wildman–Crippen MR) is 55.0 cm³/mol. The van der Waals surface area contributed by atoms with Gasteiger partial charge in [0.05, 0.1) is 5.60 Å². The van der Waals surface area contributed by atoms with Gasteiger partial charge in [0.2, 0.25) is 0 Å². The van der Waals surface area contributed by atoms with Crippen molar-refractivity contribution in [1.29, 1.82) is 0 Å². The molecule has 2 heteroatoms. The van der Waals surface area contributed by atoms with Gasteiger partial charge in [0.1, 0.15) is 5.78 Å². The van der Waals surface area contributed by atoms with Crippen LogP contribution in [0.3, 0.4) is 0 Å². The maximum absolute atomic E-state index is 11.1. The summed E-state index contributed by atoms with van der Waals surface area (Å²) in [5, 5.41) is 10.5. The molecular weight excluding hydrogens is 176 g/mol. The third kappa shape index (κ3) is 2.00. The van der Waals surface area contributed by atoms with Crippen LogP contribution >= 0.6 is 0 Å². The molecule has 2 aliphatic rings. The van der Waals surface area contributed by atoms with Crippen LogP contribution in [0.15, 0.2) is 0 Å². The first-order valence-corrected chi connectivity index (χ1v) is 5.95. The first-order chi connectivity index (χ1) is 6.71. The number of aliphatic hydroxyl groups is 1. The van der Waals surface area contributed by atoms with E-state index in [-0.39, 0.29) is 0 Å². The van der Waals surface area contributed by atoms with E-state index in [9.17, 15) is 9.90 Å². The van der Waals surface area contributed by atoms with E-state index >= 15 is 0 Å². The highest BCUT2D eigenvalue weighted by atomic mass is 16.3. The lowest BCUT2D eigenvalue weighted by Crippen LogP contribution is -2.41. The Hall–Kier alpha value is -0.370. The first kappa shape index (κ1) is 10.2. The van der Waals surface area contributed by atoms with Gasteiger partial charge in [-0.3, -0.25) is 4.79 Å². The molecular formula is C12H20O2. The molecule has 1 N–H and O–H groups in total. The molecule has 2 saturated carbocycles. The van der Waals surface area contributed by atoms with Crippen LogP contribution in [0.4, 0.5) is 0 Å². The molecule has 0 amide bonds. The third-order valence-corrected chi connectivity index (χ3v) is 4.02. The van der Waals surface area contributed by atoms with Gasteiger partial charge in [-0.1, -0.05) is 19.3 Å². The van der Waals surface area contributed by atoms with Crippen molar-refractivity contribution in [1.82, 2.24) is 0 Å². The van der Waals surface area contributed by atoms with Crippen LogP contribution in [-0.4, -0.2) is 16.5 Å². The molecule has 2 nitrogen and oxygen atoms in total. The van der Waals surface area contributed by atoms with Gasteiger partial charge >= 0.3 is 0 Å². The zero-order chi connectivity index (χ0) is 10.0. The lowest BCUT2D eigenvalue weighted by molar-refractivity contribution is -0.124. The van der Waals surface area contributed by atoms with Gasteiger partial charge in [0, 0.05) is 12.8 Å². The largest absolute Gasteiger partial charge is 0.390 e. The Balaban J connectivity index is 1.95. The molecule has 0 saturated heterocycles. The summed E-state index contributed by atoms with van der Waals surface area (Å²) >= 11 is 0. The van der Waals surface area contributed by atoms with Gasteiger partial charge in [-0.2, -0.15) is 0 Å². The van der Waals surface area contributed by atoms with Gasteiger partial charge in [0.15, 0.2) is 0 Å². The molecule has 0 spiro atoms. The molecule has 0 aliphatic heterocycles. The lowest BCUT2D eigenvalue weighted by atomic mass is 9.70. The molecule has 0 unspecified atom stereocenters. The fraction of sp³-hybridized carbons (Fsp3) is 0.917. The molecule has 0 aromatic carbocycles. The summed E-state index contributed by atoms with van der Waals surface area (Å²) in [6, 6.07) is 0. The van der Waals surface area contributed by atoms with Crippen molar-refractivity contribution in [3.05, 3.63) is 0 Å². The third-order valence-electron chi connectivity index (χ3n) is 4.02. The molecule has 0 heterocycles. The molecule has 2 rings (SSSR count). The van der Waals surface area contributed by atoms with Gasteiger partial charge in [-0.05, 0) is 31.6 Å². The summed E-state index contributed by atoms with van der Waals surface area (Å²) in [7, 11) is 0. The highest BCUT2D eigenvalue weighted by Gasteiger charge is 2.39. The molecule has 0 aromatic rings. The van der Waals surface area contributed by atoms with Gasteiger partial charge in [0.25, 0.3) is 0 Å². The Morgan fingerprint density at radius 2 is 1.64 bits per heavy atom.